The van der Waals surface area contributed by atoms with E-state index in [1.54, 1.807) is 22.9 Å². The van der Waals surface area contributed by atoms with Crippen LogP contribution < -0.4 is 4.74 Å². The molecule has 0 bridgehead atoms. The van der Waals surface area contributed by atoms with Gasteiger partial charge < -0.3 is 14.3 Å². The van der Waals surface area contributed by atoms with E-state index >= 15 is 0 Å². The minimum absolute atomic E-state index is 0.271. The van der Waals surface area contributed by atoms with Gasteiger partial charge in [0.15, 0.2) is 6.04 Å². The highest BCUT2D eigenvalue weighted by Gasteiger charge is 2.31. The Hall–Kier alpha value is -3.18. The molecule has 3 aromatic rings. The maximum absolute atomic E-state index is 12.0. The van der Waals surface area contributed by atoms with E-state index in [4.69, 9.17) is 14.5 Å². The monoisotopic (exact) mass is 456 g/mol. The summed E-state index contributed by atoms with van der Waals surface area (Å²) >= 11 is 1.63. The van der Waals surface area contributed by atoms with E-state index < -0.39 is 12.0 Å². The Kier molecular flexibility index (Phi) is 7.17. The fraction of sp³-hybridized carbons (Fsp3) is 0.429. The number of ether oxygens (including phenoxy) is 2. The second-order valence-corrected chi connectivity index (χ2v) is 8.25. The molecule has 0 radical (unpaired) electrons. The molecule has 4 rings (SSSR count). The third kappa shape index (κ3) is 5.17. The standard InChI is InChI=1S/C21H24N6O4S/c1-2-30-21(29)19(11-28)26-9-7-15(8-10-26)20-23-16(13-32-20)12-31-18-5-3-17(4-6-18)27-14-22-24-25-27/h3-6,11,13-15,19H,2,7-10,12H2,1H3. The Morgan fingerprint density at radius 2 is 2.06 bits per heavy atom. The summed E-state index contributed by atoms with van der Waals surface area (Å²) in [5, 5.41) is 14.2. The number of hydrogen-bond acceptors (Lipinski definition) is 10. The molecule has 0 saturated carbocycles. The number of aromatic nitrogens is 5. The van der Waals surface area contributed by atoms with Crippen LogP contribution in [0.1, 0.15) is 36.4 Å². The van der Waals surface area contributed by atoms with E-state index in [9.17, 15) is 9.59 Å². The first-order valence-electron chi connectivity index (χ1n) is 10.4. The second-order valence-electron chi connectivity index (χ2n) is 7.36. The Labute approximate surface area is 189 Å². The largest absolute Gasteiger partial charge is 0.487 e. The van der Waals surface area contributed by atoms with Crippen molar-refractivity contribution in [3.05, 3.63) is 46.7 Å². The van der Waals surface area contributed by atoms with Crippen LogP contribution in [-0.2, 0) is 20.9 Å². The van der Waals surface area contributed by atoms with Gasteiger partial charge in [0.2, 0.25) is 0 Å². The lowest BCUT2D eigenvalue weighted by atomic mass is 9.96. The summed E-state index contributed by atoms with van der Waals surface area (Å²) < 4.78 is 12.4. The summed E-state index contributed by atoms with van der Waals surface area (Å²) in [7, 11) is 0. The number of likely N-dealkylation sites (tertiary alicyclic amines) is 1. The summed E-state index contributed by atoms with van der Waals surface area (Å²) in [6.07, 6.45) is 3.89. The third-order valence-electron chi connectivity index (χ3n) is 5.34. The average molecular weight is 457 g/mol. The van der Waals surface area contributed by atoms with Crippen LogP contribution in [0.5, 0.6) is 5.75 Å². The van der Waals surface area contributed by atoms with Crippen LogP contribution in [0.25, 0.3) is 5.69 Å². The highest BCUT2D eigenvalue weighted by atomic mass is 32.1. The molecule has 11 heteroatoms. The van der Waals surface area contributed by atoms with Crippen LogP contribution in [0.4, 0.5) is 0 Å². The van der Waals surface area contributed by atoms with Crippen LogP contribution in [0.3, 0.4) is 0 Å². The van der Waals surface area contributed by atoms with Gasteiger partial charge in [0.1, 0.15) is 25.0 Å². The van der Waals surface area contributed by atoms with Gasteiger partial charge in [-0.25, -0.2) is 14.5 Å². The van der Waals surface area contributed by atoms with Crippen LogP contribution >= 0.6 is 11.3 Å². The minimum Gasteiger partial charge on any atom is -0.487 e. The summed E-state index contributed by atoms with van der Waals surface area (Å²) in [6, 6.07) is 6.69. The zero-order valence-electron chi connectivity index (χ0n) is 17.7. The fourth-order valence-electron chi connectivity index (χ4n) is 3.65. The van der Waals surface area contributed by atoms with E-state index in [1.807, 2.05) is 34.5 Å². The Bertz CT molecular complexity index is 1020. The molecule has 1 saturated heterocycles. The summed E-state index contributed by atoms with van der Waals surface area (Å²) in [6.45, 7) is 3.71. The molecule has 168 valence electrons. The first-order chi connectivity index (χ1) is 15.7. The van der Waals surface area contributed by atoms with E-state index in [-0.39, 0.29) is 6.61 Å². The summed E-state index contributed by atoms with van der Waals surface area (Å²) in [5.41, 5.74) is 1.73. The van der Waals surface area contributed by atoms with E-state index in [2.05, 4.69) is 15.5 Å². The van der Waals surface area contributed by atoms with Crippen LogP contribution in [0.15, 0.2) is 36.0 Å². The number of tetrazole rings is 1. The fourth-order valence-corrected chi connectivity index (χ4v) is 4.63. The molecule has 2 aromatic heterocycles. The molecule has 32 heavy (non-hydrogen) atoms. The Morgan fingerprint density at radius 3 is 2.72 bits per heavy atom. The summed E-state index contributed by atoms with van der Waals surface area (Å²) in [5.74, 6) is 0.583. The third-order valence-corrected chi connectivity index (χ3v) is 6.39. The van der Waals surface area contributed by atoms with Crippen molar-refractivity contribution in [3.8, 4) is 11.4 Å². The summed E-state index contributed by atoms with van der Waals surface area (Å²) in [4.78, 5) is 30.0. The molecule has 1 atom stereocenters. The zero-order valence-corrected chi connectivity index (χ0v) is 18.5. The highest BCUT2D eigenvalue weighted by Crippen LogP contribution is 2.31. The van der Waals surface area contributed by atoms with E-state index in [1.165, 1.54) is 6.33 Å². The van der Waals surface area contributed by atoms with Crippen molar-refractivity contribution >= 4 is 23.6 Å². The quantitative estimate of drug-likeness (QED) is 0.271. The Balaban J connectivity index is 1.28. The number of thiazole rings is 1. The number of carbonyl (C=O) groups is 2. The molecule has 1 aromatic carbocycles. The van der Waals surface area contributed by atoms with Gasteiger partial charge in [-0.05, 0) is 54.5 Å². The number of hydrogen-bond donors (Lipinski definition) is 0. The smallest absolute Gasteiger partial charge is 0.330 e. The molecule has 0 amide bonds. The van der Waals surface area contributed by atoms with Crippen LogP contribution in [0.2, 0.25) is 0 Å². The molecule has 10 nitrogen and oxygen atoms in total. The number of carbonyl (C=O) groups excluding carboxylic acids is 2. The van der Waals surface area contributed by atoms with Gasteiger partial charge in [-0.1, -0.05) is 0 Å². The minimum atomic E-state index is -0.816. The van der Waals surface area contributed by atoms with Crippen molar-refractivity contribution < 1.29 is 19.1 Å². The molecule has 0 N–H and O–H groups in total. The predicted molar refractivity (Wildman–Crippen MR) is 116 cm³/mol. The van der Waals surface area contributed by atoms with Crippen molar-refractivity contribution in [3.63, 3.8) is 0 Å². The first kappa shape index (κ1) is 22.0. The molecule has 1 fully saturated rings. The number of benzene rings is 1. The average Bonchev–Trinajstić information content (AvgIpc) is 3.52. The molecule has 0 spiro atoms. The van der Waals surface area contributed by atoms with Crippen LogP contribution in [0, 0.1) is 0 Å². The van der Waals surface area contributed by atoms with Crippen molar-refractivity contribution in [2.75, 3.05) is 19.7 Å². The van der Waals surface area contributed by atoms with Gasteiger partial charge in [0.05, 0.1) is 23.0 Å². The normalized spacial score (nSPS) is 15.9. The lowest BCUT2D eigenvalue weighted by Crippen LogP contribution is -2.47. The number of nitrogens with zero attached hydrogens (tertiary/aromatic N) is 6. The first-order valence-corrected chi connectivity index (χ1v) is 11.3. The zero-order chi connectivity index (χ0) is 22.3. The molecule has 1 aliphatic heterocycles. The van der Waals surface area contributed by atoms with Crippen molar-refractivity contribution in [2.24, 2.45) is 0 Å². The van der Waals surface area contributed by atoms with Gasteiger partial charge >= 0.3 is 5.97 Å². The maximum Gasteiger partial charge on any atom is 0.330 e. The van der Waals surface area contributed by atoms with Gasteiger partial charge in [0.25, 0.3) is 0 Å². The van der Waals surface area contributed by atoms with Crippen molar-refractivity contribution in [1.29, 1.82) is 0 Å². The number of aldehydes is 1. The second kappa shape index (κ2) is 10.4. The lowest BCUT2D eigenvalue weighted by Gasteiger charge is -2.33. The van der Waals surface area contributed by atoms with Crippen LogP contribution in [-0.4, -0.2) is 68.1 Å². The van der Waals surface area contributed by atoms with Gasteiger partial charge in [-0.15, -0.1) is 16.4 Å². The molecule has 1 aliphatic rings. The van der Waals surface area contributed by atoms with Gasteiger partial charge in [-0.2, -0.15) is 0 Å². The van der Waals surface area contributed by atoms with Crippen molar-refractivity contribution in [2.45, 2.75) is 38.3 Å². The molecule has 3 heterocycles. The number of rotatable bonds is 9. The van der Waals surface area contributed by atoms with Crippen molar-refractivity contribution in [1.82, 2.24) is 30.1 Å². The van der Waals surface area contributed by atoms with E-state index in [0.717, 1.165) is 35.0 Å². The highest BCUT2D eigenvalue weighted by molar-refractivity contribution is 7.09. The molecule has 0 aliphatic carbocycles. The Morgan fingerprint density at radius 1 is 1.28 bits per heavy atom. The topological polar surface area (TPSA) is 112 Å². The number of esters is 1. The van der Waals surface area contributed by atoms with Gasteiger partial charge in [0, 0.05) is 24.4 Å². The molecular weight excluding hydrogens is 432 g/mol. The van der Waals surface area contributed by atoms with Gasteiger partial charge in [-0.3, -0.25) is 4.90 Å². The maximum atomic E-state index is 12.0. The predicted octanol–water partition coefficient (Wildman–Crippen LogP) is 2.01. The number of piperidine rings is 1. The molecular formula is C21H24N6O4S. The van der Waals surface area contributed by atoms with E-state index in [0.29, 0.717) is 31.9 Å². The molecule has 1 unspecified atom stereocenters. The SMILES string of the molecule is CCOC(=O)C(C=O)N1CCC(c2nc(COc3ccc(-n4cnnn4)cc3)cs2)CC1. The lowest BCUT2D eigenvalue weighted by molar-refractivity contribution is -0.151.